The van der Waals surface area contributed by atoms with E-state index < -0.39 is 0 Å². The second-order valence-electron chi connectivity index (χ2n) is 3.66. The Labute approximate surface area is 73.2 Å². The maximum atomic E-state index is 8.41. The number of likely N-dealkylation sites (N-methyl/N-ethyl adjacent to an activating group) is 1. The average molecular weight is 174 g/mol. The Hall–Kier alpha value is -0.810. The zero-order valence-corrected chi connectivity index (χ0v) is 8.13. The second kappa shape index (κ2) is 4.27. The van der Waals surface area contributed by atoms with Gasteiger partial charge in [-0.25, -0.2) is 10.5 Å². The van der Waals surface area contributed by atoms with E-state index in [1.165, 1.54) is 0 Å². The standard InChI is InChI=1S/C7H18N4O/c1-7(2,5-11(3)4)9-6(8)10-12/h12H,5H2,1-4H3,(H3,8,9,10). The molecule has 12 heavy (non-hydrogen) atoms. The van der Waals surface area contributed by atoms with Gasteiger partial charge in [0.1, 0.15) is 0 Å². The maximum Gasteiger partial charge on any atom is 0.213 e. The average Bonchev–Trinajstić information content (AvgIpc) is 1.83. The fourth-order valence-electron chi connectivity index (χ4n) is 1.16. The van der Waals surface area contributed by atoms with Gasteiger partial charge in [-0.1, -0.05) is 0 Å². The first-order valence-corrected chi connectivity index (χ1v) is 3.77. The van der Waals surface area contributed by atoms with Gasteiger partial charge in [0, 0.05) is 6.54 Å². The molecular weight excluding hydrogens is 156 g/mol. The summed E-state index contributed by atoms with van der Waals surface area (Å²) in [4.78, 5) is 6.07. The van der Waals surface area contributed by atoms with Crippen molar-refractivity contribution >= 4 is 5.96 Å². The van der Waals surface area contributed by atoms with Crippen LogP contribution in [-0.2, 0) is 0 Å². The van der Waals surface area contributed by atoms with Crippen molar-refractivity contribution in [2.75, 3.05) is 20.6 Å². The van der Waals surface area contributed by atoms with E-state index in [9.17, 15) is 0 Å². The number of hydrogen-bond acceptors (Lipinski definition) is 3. The van der Waals surface area contributed by atoms with E-state index in [1.54, 1.807) is 5.48 Å². The summed E-state index contributed by atoms with van der Waals surface area (Å²) in [6.07, 6.45) is 0. The topological polar surface area (TPSA) is 73.9 Å². The van der Waals surface area contributed by atoms with Gasteiger partial charge in [0.05, 0.1) is 5.54 Å². The van der Waals surface area contributed by atoms with Crippen LogP contribution in [0.5, 0.6) is 0 Å². The van der Waals surface area contributed by atoms with Crippen molar-refractivity contribution in [2.24, 2.45) is 10.7 Å². The van der Waals surface area contributed by atoms with Crippen LogP contribution in [0.25, 0.3) is 0 Å². The van der Waals surface area contributed by atoms with Gasteiger partial charge in [-0.15, -0.1) is 0 Å². The van der Waals surface area contributed by atoms with Gasteiger partial charge in [-0.3, -0.25) is 5.21 Å². The summed E-state index contributed by atoms with van der Waals surface area (Å²) in [7, 11) is 3.92. The molecule has 72 valence electrons. The van der Waals surface area contributed by atoms with E-state index in [2.05, 4.69) is 4.99 Å². The predicted octanol–water partition coefficient (Wildman–Crippen LogP) is -0.380. The van der Waals surface area contributed by atoms with Crippen molar-refractivity contribution in [1.29, 1.82) is 0 Å². The minimum atomic E-state index is -0.288. The molecule has 0 amide bonds. The van der Waals surface area contributed by atoms with Crippen LogP contribution in [-0.4, -0.2) is 42.2 Å². The predicted molar refractivity (Wildman–Crippen MR) is 49.2 cm³/mol. The zero-order valence-electron chi connectivity index (χ0n) is 8.13. The summed E-state index contributed by atoms with van der Waals surface area (Å²) >= 11 is 0. The summed E-state index contributed by atoms with van der Waals surface area (Å²) in [6.45, 7) is 4.66. The molecule has 0 aromatic carbocycles. The van der Waals surface area contributed by atoms with E-state index in [0.29, 0.717) is 0 Å². The summed E-state index contributed by atoms with van der Waals surface area (Å²) < 4.78 is 0. The van der Waals surface area contributed by atoms with Gasteiger partial charge in [0.15, 0.2) is 0 Å². The highest BCUT2D eigenvalue weighted by atomic mass is 16.5. The molecule has 0 aliphatic rings. The van der Waals surface area contributed by atoms with E-state index in [-0.39, 0.29) is 11.5 Å². The van der Waals surface area contributed by atoms with Gasteiger partial charge in [-0.05, 0) is 27.9 Å². The van der Waals surface area contributed by atoms with Crippen LogP contribution < -0.4 is 11.2 Å². The summed E-state index contributed by atoms with van der Waals surface area (Å²) in [5, 5.41) is 8.41. The van der Waals surface area contributed by atoms with E-state index in [0.717, 1.165) is 6.54 Å². The van der Waals surface area contributed by atoms with Crippen LogP contribution in [0.1, 0.15) is 13.8 Å². The normalized spacial score (nSPS) is 13.7. The molecular formula is C7H18N4O. The zero-order chi connectivity index (χ0) is 9.78. The molecule has 0 aromatic rings. The Balaban J connectivity index is 4.20. The molecule has 5 nitrogen and oxygen atoms in total. The molecule has 0 aromatic heterocycles. The number of hydroxylamine groups is 1. The monoisotopic (exact) mass is 174 g/mol. The van der Waals surface area contributed by atoms with E-state index in [1.807, 2.05) is 32.8 Å². The fourth-order valence-corrected chi connectivity index (χ4v) is 1.16. The van der Waals surface area contributed by atoms with Crippen molar-refractivity contribution < 1.29 is 5.21 Å². The largest absolute Gasteiger partial charge is 0.368 e. The van der Waals surface area contributed by atoms with Crippen LogP contribution in [0.15, 0.2) is 4.99 Å². The molecule has 0 saturated carbocycles. The highest BCUT2D eigenvalue weighted by molar-refractivity contribution is 5.76. The molecule has 4 N–H and O–H groups in total. The lowest BCUT2D eigenvalue weighted by molar-refractivity contribution is 0.229. The summed E-state index contributed by atoms with van der Waals surface area (Å²) in [5.74, 6) is 0.0434. The lowest BCUT2D eigenvalue weighted by atomic mass is 10.1. The molecule has 0 heterocycles. The number of nitrogens with one attached hydrogen (secondary N) is 1. The minimum absolute atomic E-state index is 0.0434. The number of hydrogen-bond donors (Lipinski definition) is 3. The molecule has 0 saturated heterocycles. The Bertz CT molecular complexity index is 165. The smallest absolute Gasteiger partial charge is 0.213 e. The number of nitrogens with two attached hydrogens (primary N) is 1. The molecule has 0 fully saturated rings. The van der Waals surface area contributed by atoms with E-state index >= 15 is 0 Å². The molecule has 0 atom stereocenters. The Morgan fingerprint density at radius 3 is 2.42 bits per heavy atom. The number of rotatable bonds is 3. The first-order chi connectivity index (χ1) is 5.37. The molecule has 0 aliphatic heterocycles. The SMILES string of the molecule is CN(C)CC(C)(C)N=C(N)NO. The van der Waals surface area contributed by atoms with Crippen molar-refractivity contribution in [3.63, 3.8) is 0 Å². The molecule has 0 bridgehead atoms. The van der Waals surface area contributed by atoms with Crippen LogP contribution in [0, 0.1) is 0 Å². The third-order valence-electron chi connectivity index (χ3n) is 1.24. The third kappa shape index (κ3) is 4.92. The molecule has 0 radical (unpaired) electrons. The van der Waals surface area contributed by atoms with Gasteiger partial charge in [0.25, 0.3) is 0 Å². The number of aliphatic imine (C=N–C) groups is 1. The van der Waals surface area contributed by atoms with Gasteiger partial charge in [0.2, 0.25) is 5.96 Å². The molecule has 0 spiro atoms. The highest BCUT2D eigenvalue weighted by Crippen LogP contribution is 2.08. The fraction of sp³-hybridized carbons (Fsp3) is 0.857. The Morgan fingerprint density at radius 2 is 2.08 bits per heavy atom. The minimum Gasteiger partial charge on any atom is -0.368 e. The van der Waals surface area contributed by atoms with E-state index in [4.69, 9.17) is 10.9 Å². The number of guanidine groups is 1. The van der Waals surface area contributed by atoms with Crippen molar-refractivity contribution in [2.45, 2.75) is 19.4 Å². The highest BCUT2D eigenvalue weighted by Gasteiger charge is 2.17. The van der Waals surface area contributed by atoms with Crippen LogP contribution in [0.3, 0.4) is 0 Å². The molecule has 0 aliphatic carbocycles. The van der Waals surface area contributed by atoms with Gasteiger partial charge in [-0.2, -0.15) is 0 Å². The van der Waals surface area contributed by atoms with Crippen LogP contribution in [0.4, 0.5) is 0 Å². The van der Waals surface area contributed by atoms with Crippen LogP contribution >= 0.6 is 0 Å². The van der Waals surface area contributed by atoms with Gasteiger partial charge >= 0.3 is 0 Å². The van der Waals surface area contributed by atoms with Crippen molar-refractivity contribution in [1.82, 2.24) is 10.4 Å². The quantitative estimate of drug-likeness (QED) is 0.310. The molecule has 0 unspecified atom stereocenters. The maximum absolute atomic E-state index is 8.41. The van der Waals surface area contributed by atoms with Crippen LogP contribution in [0.2, 0.25) is 0 Å². The first kappa shape index (κ1) is 11.2. The second-order valence-corrected chi connectivity index (χ2v) is 3.66. The summed E-state index contributed by atoms with van der Waals surface area (Å²) in [6, 6.07) is 0. The lowest BCUT2D eigenvalue weighted by Gasteiger charge is -2.24. The first-order valence-electron chi connectivity index (χ1n) is 3.77. The van der Waals surface area contributed by atoms with Crippen molar-refractivity contribution in [3.8, 4) is 0 Å². The number of nitrogens with zero attached hydrogens (tertiary/aromatic N) is 2. The van der Waals surface area contributed by atoms with Crippen molar-refractivity contribution in [3.05, 3.63) is 0 Å². The Morgan fingerprint density at radius 1 is 1.58 bits per heavy atom. The summed E-state index contributed by atoms with van der Waals surface area (Å²) in [5.41, 5.74) is 6.82. The molecule has 0 rings (SSSR count). The van der Waals surface area contributed by atoms with Gasteiger partial charge < -0.3 is 10.6 Å². The molecule has 5 heteroatoms. The Kier molecular flexibility index (Phi) is 3.99. The third-order valence-corrected chi connectivity index (χ3v) is 1.24. The lowest BCUT2D eigenvalue weighted by Crippen LogP contribution is -2.38.